The summed E-state index contributed by atoms with van der Waals surface area (Å²) in [4.78, 5) is 2.57. The summed E-state index contributed by atoms with van der Waals surface area (Å²) in [6.45, 7) is 8.79. The molecule has 4 rings (SSSR count). The second-order valence-corrected chi connectivity index (χ2v) is 12.2. The van der Waals surface area contributed by atoms with Crippen molar-refractivity contribution in [2.75, 3.05) is 40.4 Å². The monoisotopic (exact) mass is 600 g/mol. The van der Waals surface area contributed by atoms with Crippen molar-refractivity contribution in [3.63, 3.8) is 0 Å². The number of benzene rings is 3. The van der Waals surface area contributed by atoms with Crippen LogP contribution in [0.2, 0.25) is 0 Å². The van der Waals surface area contributed by atoms with Crippen LogP contribution in [0.15, 0.2) is 54.6 Å². The van der Waals surface area contributed by atoms with Crippen molar-refractivity contribution in [2.24, 2.45) is 11.8 Å². The predicted molar refractivity (Wildman–Crippen MR) is 176 cm³/mol. The lowest BCUT2D eigenvalue weighted by Crippen LogP contribution is -2.46. The van der Waals surface area contributed by atoms with Crippen LogP contribution in [0.1, 0.15) is 69.7 Å². The highest BCUT2D eigenvalue weighted by Gasteiger charge is 2.41. The zero-order chi connectivity index (χ0) is 32.0. The molecule has 0 fully saturated rings. The minimum atomic E-state index is -0.666. The topological polar surface area (TPSA) is 73.2 Å². The lowest BCUT2D eigenvalue weighted by molar-refractivity contribution is 0.302. The highest BCUT2D eigenvalue weighted by Crippen LogP contribution is 2.52. The van der Waals surface area contributed by atoms with Crippen LogP contribution in [0, 0.1) is 23.2 Å². The Morgan fingerprint density at radius 2 is 1.48 bits per heavy atom. The number of fused-ring (bicyclic) bond motifs is 1. The van der Waals surface area contributed by atoms with Gasteiger partial charge in [0.15, 0.2) is 23.0 Å². The van der Waals surface area contributed by atoms with Crippen LogP contribution in [0.3, 0.4) is 0 Å². The number of nitriles is 1. The van der Waals surface area contributed by atoms with E-state index >= 15 is 0 Å². The molecule has 44 heavy (non-hydrogen) atoms. The van der Waals surface area contributed by atoms with Gasteiger partial charge in [0.25, 0.3) is 0 Å². The molecule has 0 N–H and O–H groups in total. The molecule has 0 saturated carbocycles. The molecule has 1 aliphatic heterocycles. The molecule has 0 aromatic heterocycles. The molecule has 0 amide bonds. The lowest BCUT2D eigenvalue weighted by Gasteiger charge is -2.48. The summed E-state index contributed by atoms with van der Waals surface area (Å²) >= 11 is 0. The third-order valence-electron chi connectivity index (χ3n) is 9.28. The fraction of sp³-hybridized carbons (Fsp3) is 0.486. The van der Waals surface area contributed by atoms with Crippen molar-refractivity contribution in [3.8, 4) is 34.8 Å². The van der Waals surface area contributed by atoms with Gasteiger partial charge in [0, 0.05) is 17.3 Å². The number of methoxy groups -OCH3 is 5. The summed E-state index contributed by atoms with van der Waals surface area (Å²) in [6.07, 6.45) is 3.34. The zero-order valence-electron chi connectivity index (χ0n) is 27.8. The smallest absolute Gasteiger partial charge is 0.203 e. The fourth-order valence-electron chi connectivity index (χ4n) is 7.05. The molecule has 7 heteroatoms. The van der Waals surface area contributed by atoms with Crippen molar-refractivity contribution < 1.29 is 23.7 Å². The van der Waals surface area contributed by atoms with Crippen molar-refractivity contribution >= 4 is 5.69 Å². The third-order valence-corrected chi connectivity index (χ3v) is 9.28. The Kier molecular flexibility index (Phi) is 10.6. The Morgan fingerprint density at radius 1 is 0.818 bits per heavy atom. The van der Waals surface area contributed by atoms with E-state index in [4.69, 9.17) is 23.7 Å². The minimum absolute atomic E-state index is 0.0533. The number of ether oxygens (including phenoxy) is 5. The van der Waals surface area contributed by atoms with Crippen LogP contribution in [-0.4, -0.2) is 41.6 Å². The second kappa shape index (κ2) is 14.2. The van der Waals surface area contributed by atoms with Crippen molar-refractivity contribution in [2.45, 2.75) is 70.9 Å². The molecule has 0 bridgehead atoms. The summed E-state index contributed by atoms with van der Waals surface area (Å²) in [6, 6.07) is 21.6. The van der Waals surface area contributed by atoms with Crippen molar-refractivity contribution in [1.29, 1.82) is 5.26 Å². The number of hydrogen-bond donors (Lipinski definition) is 0. The molecular weight excluding hydrogens is 552 g/mol. The number of rotatable bonds is 13. The summed E-state index contributed by atoms with van der Waals surface area (Å²) in [5, 5.41) is 10.7. The van der Waals surface area contributed by atoms with E-state index in [2.05, 4.69) is 75.1 Å². The van der Waals surface area contributed by atoms with Crippen LogP contribution in [0.4, 0.5) is 5.69 Å². The first-order valence-electron chi connectivity index (χ1n) is 15.5. The standard InChI is InChI=1S/C37H48N2O5/c1-24(2)34-33-26(21-32(42-7)35(43-8)36(33)44-9)20-29(39(34)28-14-11-10-12-15-28)16-13-19-37(23-38,25(3)4)27-17-18-30(40-5)31(22-27)41-6/h10-12,14-15,17-18,21-22,24-25,29,34H,13,16,19-20H2,1-9H3/t29-,34?,37-/m1/s1. The van der Waals surface area contributed by atoms with Crippen LogP contribution >= 0.6 is 0 Å². The van der Waals surface area contributed by atoms with E-state index in [-0.39, 0.29) is 23.9 Å². The quantitative estimate of drug-likeness (QED) is 0.196. The largest absolute Gasteiger partial charge is 0.493 e. The normalized spacial score (nSPS) is 17.5. The van der Waals surface area contributed by atoms with Gasteiger partial charge in [-0.25, -0.2) is 0 Å². The molecule has 3 aromatic rings. The molecular formula is C37H48N2O5. The summed E-state index contributed by atoms with van der Waals surface area (Å²) in [5.74, 6) is 3.72. The number of para-hydroxylation sites is 1. The maximum Gasteiger partial charge on any atom is 0.203 e. The first-order chi connectivity index (χ1) is 21.2. The molecule has 0 saturated heterocycles. The van der Waals surface area contributed by atoms with E-state index in [9.17, 15) is 5.26 Å². The van der Waals surface area contributed by atoms with E-state index in [0.717, 1.165) is 42.6 Å². The van der Waals surface area contributed by atoms with E-state index in [0.29, 0.717) is 23.0 Å². The number of nitrogens with zero attached hydrogens (tertiary/aromatic N) is 2. The first kappa shape index (κ1) is 32.9. The van der Waals surface area contributed by atoms with Gasteiger partial charge in [0.05, 0.1) is 53.1 Å². The number of anilines is 1. The highest BCUT2D eigenvalue weighted by molar-refractivity contribution is 5.65. The van der Waals surface area contributed by atoms with E-state index < -0.39 is 5.41 Å². The average molecular weight is 601 g/mol. The van der Waals surface area contributed by atoms with Gasteiger partial charge in [0.1, 0.15) is 0 Å². The molecule has 3 atom stereocenters. The third kappa shape index (κ3) is 6.00. The average Bonchev–Trinajstić information content (AvgIpc) is 3.04. The van der Waals surface area contributed by atoms with Crippen LogP contribution in [0.5, 0.6) is 28.7 Å². The molecule has 1 heterocycles. The Balaban J connectivity index is 1.76. The molecule has 1 aliphatic rings. The van der Waals surface area contributed by atoms with Gasteiger partial charge in [-0.3, -0.25) is 0 Å². The van der Waals surface area contributed by atoms with Gasteiger partial charge in [-0.15, -0.1) is 0 Å². The second-order valence-electron chi connectivity index (χ2n) is 12.2. The molecule has 3 aromatic carbocycles. The summed E-state index contributed by atoms with van der Waals surface area (Å²) in [5.41, 5.74) is 3.84. The zero-order valence-corrected chi connectivity index (χ0v) is 27.8. The van der Waals surface area contributed by atoms with Crippen molar-refractivity contribution in [1.82, 2.24) is 0 Å². The Hall–Kier alpha value is -4.05. The van der Waals surface area contributed by atoms with Gasteiger partial charge in [-0.05, 0) is 79.0 Å². The Morgan fingerprint density at radius 3 is 2.02 bits per heavy atom. The predicted octanol–water partition coefficient (Wildman–Crippen LogP) is 8.15. The van der Waals surface area contributed by atoms with E-state index in [1.807, 2.05) is 18.2 Å². The fourth-order valence-corrected chi connectivity index (χ4v) is 7.05. The Labute approximate surface area is 263 Å². The maximum atomic E-state index is 10.7. The molecule has 0 radical (unpaired) electrons. The molecule has 236 valence electrons. The molecule has 7 nitrogen and oxygen atoms in total. The number of hydrogen-bond acceptors (Lipinski definition) is 7. The molecule has 1 unspecified atom stereocenters. The lowest BCUT2D eigenvalue weighted by atomic mass is 9.69. The van der Waals surface area contributed by atoms with Gasteiger partial charge in [0.2, 0.25) is 5.75 Å². The van der Waals surface area contributed by atoms with Gasteiger partial charge in [-0.1, -0.05) is 52.0 Å². The molecule has 0 aliphatic carbocycles. The summed E-state index contributed by atoms with van der Waals surface area (Å²) in [7, 11) is 8.29. The highest BCUT2D eigenvalue weighted by atomic mass is 16.5. The van der Waals surface area contributed by atoms with Crippen molar-refractivity contribution in [3.05, 3.63) is 71.3 Å². The van der Waals surface area contributed by atoms with Gasteiger partial charge < -0.3 is 28.6 Å². The van der Waals surface area contributed by atoms with Gasteiger partial charge in [-0.2, -0.15) is 5.26 Å². The molecule has 0 spiro atoms. The first-order valence-corrected chi connectivity index (χ1v) is 15.5. The SMILES string of the molecule is COc1ccc([C@@](C#N)(CCC[C@@H]2Cc3cc(OC)c(OC)c(OC)c3C(C(C)C)N2c2ccccc2)C(C)C)cc1OC. The van der Waals surface area contributed by atoms with Crippen LogP contribution in [-0.2, 0) is 11.8 Å². The maximum absolute atomic E-state index is 10.7. The van der Waals surface area contributed by atoms with E-state index in [1.54, 1.807) is 35.5 Å². The van der Waals surface area contributed by atoms with E-state index in [1.165, 1.54) is 11.3 Å². The van der Waals surface area contributed by atoms with Gasteiger partial charge >= 0.3 is 0 Å². The minimum Gasteiger partial charge on any atom is -0.493 e. The van der Waals surface area contributed by atoms with Crippen LogP contribution < -0.4 is 28.6 Å². The Bertz CT molecular complexity index is 1450. The summed E-state index contributed by atoms with van der Waals surface area (Å²) < 4.78 is 28.7. The van der Waals surface area contributed by atoms with Crippen LogP contribution in [0.25, 0.3) is 0 Å².